The minimum absolute atomic E-state index is 0.277. The van der Waals surface area contributed by atoms with Crippen LogP contribution in [0, 0.1) is 5.92 Å². The largest absolute Gasteiger partial charge is 0.467 e. The summed E-state index contributed by atoms with van der Waals surface area (Å²) in [7, 11) is 1.53. The van der Waals surface area contributed by atoms with Crippen molar-refractivity contribution in [3.05, 3.63) is 0 Å². The second-order valence-corrected chi connectivity index (χ2v) is 4.39. The summed E-state index contributed by atoms with van der Waals surface area (Å²) in [6, 6.07) is 0.608. The molecule has 100 valence electrons. The Kier molecular flexibility index (Phi) is 4.55. The Morgan fingerprint density at radius 1 is 1.22 bits per heavy atom. The number of anilines is 1. The lowest BCUT2D eigenvalue weighted by Crippen LogP contribution is -2.15. The molecule has 1 aromatic heterocycles. The standard InChI is InChI=1S/C12H20N4O2/c1-3-13-10-14-11(17-2)16-12(15-10)18-8-7-9-5-4-6-9/h9H,3-8H2,1-2H3,(H,13,14,15,16). The van der Waals surface area contributed by atoms with Gasteiger partial charge in [0.15, 0.2) is 0 Å². The van der Waals surface area contributed by atoms with Crippen LogP contribution in [0.1, 0.15) is 32.6 Å². The fourth-order valence-corrected chi connectivity index (χ4v) is 1.83. The number of aromatic nitrogens is 3. The third-order valence-corrected chi connectivity index (χ3v) is 3.09. The molecule has 0 radical (unpaired) electrons. The van der Waals surface area contributed by atoms with Crippen LogP contribution in [0.3, 0.4) is 0 Å². The number of methoxy groups -OCH3 is 1. The van der Waals surface area contributed by atoms with Crippen molar-refractivity contribution in [2.75, 3.05) is 25.6 Å². The second-order valence-electron chi connectivity index (χ2n) is 4.39. The average Bonchev–Trinajstić information content (AvgIpc) is 2.32. The summed E-state index contributed by atoms with van der Waals surface area (Å²) in [4.78, 5) is 12.3. The van der Waals surface area contributed by atoms with E-state index in [0.29, 0.717) is 18.6 Å². The van der Waals surface area contributed by atoms with Gasteiger partial charge in [-0.25, -0.2) is 0 Å². The molecule has 6 heteroatoms. The van der Waals surface area contributed by atoms with Gasteiger partial charge in [-0.2, -0.15) is 9.97 Å². The van der Waals surface area contributed by atoms with Crippen LogP contribution in [0.5, 0.6) is 12.0 Å². The van der Waals surface area contributed by atoms with E-state index in [9.17, 15) is 0 Å². The van der Waals surface area contributed by atoms with Gasteiger partial charge in [0.05, 0.1) is 13.7 Å². The molecule has 1 heterocycles. The van der Waals surface area contributed by atoms with Gasteiger partial charge >= 0.3 is 12.0 Å². The first kappa shape index (κ1) is 12.9. The molecule has 0 unspecified atom stereocenters. The molecular weight excluding hydrogens is 232 g/mol. The van der Waals surface area contributed by atoms with Crippen LogP contribution in [-0.2, 0) is 0 Å². The highest BCUT2D eigenvalue weighted by atomic mass is 16.5. The van der Waals surface area contributed by atoms with E-state index in [4.69, 9.17) is 9.47 Å². The lowest BCUT2D eigenvalue weighted by molar-refractivity contribution is 0.209. The van der Waals surface area contributed by atoms with Gasteiger partial charge in [-0.3, -0.25) is 0 Å². The summed E-state index contributed by atoms with van der Waals surface area (Å²) in [6.45, 7) is 3.38. The van der Waals surface area contributed by atoms with Gasteiger partial charge in [0.1, 0.15) is 0 Å². The van der Waals surface area contributed by atoms with E-state index in [1.807, 2.05) is 6.92 Å². The molecule has 1 fully saturated rings. The van der Waals surface area contributed by atoms with Crippen molar-refractivity contribution in [2.24, 2.45) is 5.92 Å². The first-order chi connectivity index (χ1) is 8.81. The van der Waals surface area contributed by atoms with Crippen molar-refractivity contribution in [3.8, 4) is 12.0 Å². The number of nitrogens with zero attached hydrogens (tertiary/aromatic N) is 3. The normalized spacial score (nSPS) is 15.0. The Bertz CT molecular complexity index is 382. The fourth-order valence-electron chi connectivity index (χ4n) is 1.83. The Balaban J connectivity index is 1.90. The van der Waals surface area contributed by atoms with Crippen LogP contribution in [0.15, 0.2) is 0 Å². The van der Waals surface area contributed by atoms with E-state index in [2.05, 4.69) is 20.3 Å². The number of hydrogen-bond donors (Lipinski definition) is 1. The molecule has 1 aliphatic carbocycles. The van der Waals surface area contributed by atoms with Crippen molar-refractivity contribution < 1.29 is 9.47 Å². The maximum Gasteiger partial charge on any atom is 0.324 e. The molecule has 1 saturated carbocycles. The molecule has 0 amide bonds. The van der Waals surface area contributed by atoms with E-state index < -0.39 is 0 Å². The molecule has 0 saturated heterocycles. The quantitative estimate of drug-likeness (QED) is 0.799. The Morgan fingerprint density at radius 2 is 2.00 bits per heavy atom. The van der Waals surface area contributed by atoms with Gasteiger partial charge in [0, 0.05) is 6.54 Å². The zero-order chi connectivity index (χ0) is 12.8. The van der Waals surface area contributed by atoms with E-state index in [1.165, 1.54) is 26.4 Å². The SMILES string of the molecule is CCNc1nc(OC)nc(OCCC2CCC2)n1. The van der Waals surface area contributed by atoms with Crippen LogP contribution in [0.25, 0.3) is 0 Å². The molecule has 0 spiro atoms. The molecule has 18 heavy (non-hydrogen) atoms. The van der Waals surface area contributed by atoms with Crippen molar-refractivity contribution >= 4 is 5.95 Å². The molecule has 6 nitrogen and oxygen atoms in total. The van der Waals surface area contributed by atoms with Crippen LogP contribution >= 0.6 is 0 Å². The summed E-state index contributed by atoms with van der Waals surface area (Å²) in [5.74, 6) is 1.31. The molecule has 2 rings (SSSR count). The minimum atomic E-state index is 0.277. The topological polar surface area (TPSA) is 69.2 Å². The molecule has 0 aromatic carbocycles. The Labute approximate surface area is 107 Å². The van der Waals surface area contributed by atoms with Gasteiger partial charge < -0.3 is 14.8 Å². The van der Waals surface area contributed by atoms with Crippen molar-refractivity contribution in [1.29, 1.82) is 0 Å². The lowest BCUT2D eigenvalue weighted by atomic mass is 9.83. The monoisotopic (exact) mass is 252 g/mol. The van der Waals surface area contributed by atoms with E-state index in [-0.39, 0.29) is 6.01 Å². The Hall–Kier alpha value is -1.59. The highest BCUT2D eigenvalue weighted by molar-refractivity contribution is 5.27. The lowest BCUT2D eigenvalue weighted by Gasteiger charge is -2.24. The highest BCUT2D eigenvalue weighted by Gasteiger charge is 2.17. The van der Waals surface area contributed by atoms with Gasteiger partial charge in [-0.1, -0.05) is 19.3 Å². The van der Waals surface area contributed by atoms with Crippen LogP contribution in [0.2, 0.25) is 0 Å². The van der Waals surface area contributed by atoms with E-state index in [0.717, 1.165) is 18.9 Å². The van der Waals surface area contributed by atoms with Crippen molar-refractivity contribution in [3.63, 3.8) is 0 Å². The number of nitrogens with one attached hydrogen (secondary N) is 1. The minimum Gasteiger partial charge on any atom is -0.467 e. The molecule has 0 aliphatic heterocycles. The van der Waals surface area contributed by atoms with Gasteiger partial charge in [0.25, 0.3) is 0 Å². The summed E-state index contributed by atoms with van der Waals surface area (Å²) >= 11 is 0. The van der Waals surface area contributed by atoms with Crippen LogP contribution in [-0.4, -0.2) is 35.2 Å². The molecule has 1 aliphatic rings. The number of ether oxygens (including phenoxy) is 2. The summed E-state index contributed by atoms with van der Waals surface area (Å²) in [5, 5.41) is 3.02. The third-order valence-electron chi connectivity index (χ3n) is 3.09. The summed E-state index contributed by atoms with van der Waals surface area (Å²) < 4.78 is 10.6. The van der Waals surface area contributed by atoms with Crippen LogP contribution < -0.4 is 14.8 Å². The average molecular weight is 252 g/mol. The van der Waals surface area contributed by atoms with Gasteiger partial charge in [0.2, 0.25) is 5.95 Å². The first-order valence-electron chi connectivity index (χ1n) is 6.48. The van der Waals surface area contributed by atoms with Crippen molar-refractivity contribution in [2.45, 2.75) is 32.6 Å². The smallest absolute Gasteiger partial charge is 0.324 e. The molecule has 0 bridgehead atoms. The summed E-state index contributed by atoms with van der Waals surface area (Å²) in [6.07, 6.45) is 5.08. The maximum atomic E-state index is 5.56. The zero-order valence-electron chi connectivity index (χ0n) is 11.0. The maximum absolute atomic E-state index is 5.56. The van der Waals surface area contributed by atoms with Crippen LogP contribution in [0.4, 0.5) is 5.95 Å². The fraction of sp³-hybridized carbons (Fsp3) is 0.750. The predicted molar refractivity (Wildman–Crippen MR) is 68.0 cm³/mol. The summed E-state index contributed by atoms with van der Waals surface area (Å²) in [5.41, 5.74) is 0. The second kappa shape index (κ2) is 6.37. The van der Waals surface area contributed by atoms with Gasteiger partial charge in [-0.15, -0.1) is 4.98 Å². The number of rotatable bonds is 7. The molecular formula is C12H20N4O2. The molecule has 0 atom stereocenters. The third kappa shape index (κ3) is 3.45. The first-order valence-corrected chi connectivity index (χ1v) is 6.48. The molecule has 1 aromatic rings. The zero-order valence-corrected chi connectivity index (χ0v) is 11.0. The van der Waals surface area contributed by atoms with E-state index in [1.54, 1.807) is 0 Å². The van der Waals surface area contributed by atoms with Gasteiger partial charge in [-0.05, 0) is 19.3 Å². The molecule has 1 N–H and O–H groups in total. The van der Waals surface area contributed by atoms with E-state index >= 15 is 0 Å². The number of hydrogen-bond acceptors (Lipinski definition) is 6. The Morgan fingerprint density at radius 3 is 2.61 bits per heavy atom. The van der Waals surface area contributed by atoms with Crippen molar-refractivity contribution in [1.82, 2.24) is 15.0 Å². The highest BCUT2D eigenvalue weighted by Crippen LogP contribution is 2.29. The predicted octanol–water partition coefficient (Wildman–Crippen LogP) is 1.88.